The Morgan fingerprint density at radius 2 is 2.03 bits per heavy atom. The number of pyridine rings is 1. The highest BCUT2D eigenvalue weighted by molar-refractivity contribution is 6.43. The Hall–Kier alpha value is -2.52. The highest BCUT2D eigenvalue weighted by Crippen LogP contribution is 2.31. The number of halogens is 4. The molecule has 0 unspecified atom stereocenters. The summed E-state index contributed by atoms with van der Waals surface area (Å²) in [5.41, 5.74) is 1.28. The SMILES string of the molecule is FC1(F)CCCN(c2ncccc2CNc2nnnn2-c2cccc(Cl)c2Cl)C1. The second kappa shape index (κ2) is 8.08. The van der Waals surface area contributed by atoms with Crippen LogP contribution in [0.2, 0.25) is 10.0 Å². The summed E-state index contributed by atoms with van der Waals surface area (Å²) in [7, 11) is 0. The van der Waals surface area contributed by atoms with Crippen molar-refractivity contribution >= 4 is 35.0 Å². The minimum atomic E-state index is -2.71. The molecule has 0 saturated carbocycles. The van der Waals surface area contributed by atoms with E-state index in [1.807, 2.05) is 6.07 Å². The molecule has 3 heterocycles. The van der Waals surface area contributed by atoms with E-state index in [2.05, 4.69) is 25.8 Å². The third-order valence-corrected chi connectivity index (χ3v) is 5.43. The van der Waals surface area contributed by atoms with Crippen molar-refractivity contribution in [3.63, 3.8) is 0 Å². The van der Waals surface area contributed by atoms with Crippen LogP contribution in [-0.2, 0) is 6.54 Å². The van der Waals surface area contributed by atoms with Gasteiger partial charge in [-0.25, -0.2) is 13.8 Å². The average molecular weight is 440 g/mol. The zero-order chi connectivity index (χ0) is 20.4. The van der Waals surface area contributed by atoms with Crippen molar-refractivity contribution in [1.29, 1.82) is 0 Å². The molecule has 1 fully saturated rings. The first-order valence-corrected chi connectivity index (χ1v) is 9.73. The van der Waals surface area contributed by atoms with Crippen molar-refractivity contribution < 1.29 is 8.78 Å². The summed E-state index contributed by atoms with van der Waals surface area (Å²) in [6.07, 6.45) is 1.92. The Kier molecular flexibility index (Phi) is 5.51. The molecule has 152 valence electrons. The standard InChI is InChI=1S/C18H17Cl2F2N7/c19-13-5-1-6-14(15(13)20)29-17(25-26-27-29)24-10-12-4-2-8-23-16(12)28-9-3-7-18(21,22)11-28/h1-2,4-6,8H,3,7,9-11H2,(H,24,25,27). The monoisotopic (exact) mass is 439 g/mol. The van der Waals surface area contributed by atoms with E-state index in [0.29, 0.717) is 47.0 Å². The number of hydrogen-bond donors (Lipinski definition) is 1. The van der Waals surface area contributed by atoms with Crippen molar-refractivity contribution in [3.8, 4) is 5.69 Å². The smallest absolute Gasteiger partial charge is 0.265 e. The molecule has 0 aliphatic carbocycles. The van der Waals surface area contributed by atoms with Crippen LogP contribution < -0.4 is 10.2 Å². The van der Waals surface area contributed by atoms with Gasteiger partial charge in [-0.3, -0.25) is 0 Å². The van der Waals surface area contributed by atoms with Crippen LogP contribution in [-0.4, -0.2) is 44.2 Å². The van der Waals surface area contributed by atoms with E-state index in [9.17, 15) is 8.78 Å². The first kappa shape index (κ1) is 19.8. The third kappa shape index (κ3) is 4.25. The largest absolute Gasteiger partial charge is 0.350 e. The van der Waals surface area contributed by atoms with E-state index >= 15 is 0 Å². The van der Waals surface area contributed by atoms with E-state index < -0.39 is 5.92 Å². The average Bonchev–Trinajstić information content (AvgIpc) is 3.16. The van der Waals surface area contributed by atoms with Gasteiger partial charge in [-0.05, 0) is 35.0 Å². The Labute approximate surface area is 175 Å². The van der Waals surface area contributed by atoms with Crippen molar-refractivity contribution in [1.82, 2.24) is 25.2 Å². The van der Waals surface area contributed by atoms with Gasteiger partial charge in [0.1, 0.15) is 5.82 Å². The molecule has 0 spiro atoms. The Bertz CT molecular complexity index is 1010. The molecule has 0 amide bonds. The summed E-state index contributed by atoms with van der Waals surface area (Å²) >= 11 is 12.3. The fourth-order valence-electron chi connectivity index (χ4n) is 3.29. The summed E-state index contributed by atoms with van der Waals surface area (Å²) in [5, 5.41) is 15.4. The lowest BCUT2D eigenvalue weighted by Crippen LogP contribution is -2.43. The number of nitrogens with zero attached hydrogens (tertiary/aromatic N) is 6. The van der Waals surface area contributed by atoms with Crippen molar-refractivity contribution in [2.24, 2.45) is 0 Å². The summed E-state index contributed by atoms with van der Waals surface area (Å²) in [6, 6.07) is 8.75. The van der Waals surface area contributed by atoms with Gasteiger partial charge in [0.15, 0.2) is 0 Å². The number of aromatic nitrogens is 5. The number of rotatable bonds is 5. The quantitative estimate of drug-likeness (QED) is 0.641. The lowest BCUT2D eigenvalue weighted by atomic mass is 10.1. The maximum Gasteiger partial charge on any atom is 0.265 e. The van der Waals surface area contributed by atoms with Gasteiger partial charge in [0.25, 0.3) is 5.92 Å². The number of tetrazole rings is 1. The molecule has 1 N–H and O–H groups in total. The summed E-state index contributed by atoms with van der Waals surface area (Å²) < 4.78 is 29.1. The predicted molar refractivity (Wildman–Crippen MR) is 107 cm³/mol. The molecule has 1 saturated heterocycles. The molecule has 7 nitrogen and oxygen atoms in total. The number of benzene rings is 1. The maximum absolute atomic E-state index is 13.9. The molecule has 29 heavy (non-hydrogen) atoms. The maximum atomic E-state index is 13.9. The Balaban J connectivity index is 1.56. The van der Waals surface area contributed by atoms with Gasteiger partial charge in [-0.1, -0.05) is 40.4 Å². The third-order valence-electron chi connectivity index (χ3n) is 4.63. The highest BCUT2D eigenvalue weighted by atomic mass is 35.5. The number of anilines is 2. The predicted octanol–water partition coefficient (Wildman–Crippen LogP) is 4.21. The topological polar surface area (TPSA) is 71.8 Å². The second-order valence-electron chi connectivity index (χ2n) is 6.71. The summed E-state index contributed by atoms with van der Waals surface area (Å²) in [5.74, 6) is -1.85. The number of nitrogens with one attached hydrogen (secondary N) is 1. The van der Waals surface area contributed by atoms with Gasteiger partial charge < -0.3 is 10.2 Å². The van der Waals surface area contributed by atoms with E-state index in [-0.39, 0.29) is 13.0 Å². The molecule has 1 aliphatic rings. The lowest BCUT2D eigenvalue weighted by molar-refractivity contribution is -0.0118. The van der Waals surface area contributed by atoms with Gasteiger partial charge in [-0.2, -0.15) is 4.68 Å². The summed E-state index contributed by atoms with van der Waals surface area (Å²) in [6.45, 7) is 0.492. The molecule has 0 radical (unpaired) electrons. The molecule has 0 atom stereocenters. The van der Waals surface area contributed by atoms with Gasteiger partial charge in [0, 0.05) is 31.3 Å². The van der Waals surface area contributed by atoms with Gasteiger partial charge in [0.05, 0.1) is 22.3 Å². The molecule has 2 aromatic heterocycles. The summed E-state index contributed by atoms with van der Waals surface area (Å²) in [4.78, 5) is 5.95. The Morgan fingerprint density at radius 1 is 1.17 bits per heavy atom. The number of hydrogen-bond acceptors (Lipinski definition) is 6. The van der Waals surface area contributed by atoms with Gasteiger partial charge in [-0.15, -0.1) is 0 Å². The lowest BCUT2D eigenvalue weighted by Gasteiger charge is -2.34. The van der Waals surface area contributed by atoms with E-state index in [1.54, 1.807) is 35.4 Å². The van der Waals surface area contributed by atoms with Crippen LogP contribution in [0.25, 0.3) is 5.69 Å². The fourth-order valence-corrected chi connectivity index (χ4v) is 3.67. The van der Waals surface area contributed by atoms with Crippen LogP contribution >= 0.6 is 23.2 Å². The zero-order valence-electron chi connectivity index (χ0n) is 15.2. The van der Waals surface area contributed by atoms with E-state index in [4.69, 9.17) is 23.2 Å². The fraction of sp³-hybridized carbons (Fsp3) is 0.333. The van der Waals surface area contributed by atoms with Crippen molar-refractivity contribution in [2.75, 3.05) is 23.3 Å². The molecular weight excluding hydrogens is 423 g/mol. The first-order valence-electron chi connectivity index (χ1n) is 8.98. The minimum absolute atomic E-state index is 0.0981. The molecule has 0 bridgehead atoms. The molecule has 1 aliphatic heterocycles. The van der Waals surface area contributed by atoms with E-state index in [1.165, 1.54) is 4.68 Å². The van der Waals surface area contributed by atoms with Crippen LogP contribution in [0.3, 0.4) is 0 Å². The molecular formula is C18H17Cl2F2N7. The molecule has 1 aromatic carbocycles. The first-order chi connectivity index (χ1) is 13.9. The van der Waals surface area contributed by atoms with Gasteiger partial charge in [0.2, 0.25) is 5.95 Å². The normalized spacial score (nSPS) is 16.1. The zero-order valence-corrected chi connectivity index (χ0v) is 16.7. The molecule has 3 aromatic rings. The minimum Gasteiger partial charge on any atom is -0.350 e. The highest BCUT2D eigenvalue weighted by Gasteiger charge is 2.36. The number of alkyl halides is 2. The van der Waals surface area contributed by atoms with Crippen molar-refractivity contribution in [3.05, 3.63) is 52.1 Å². The van der Waals surface area contributed by atoms with Gasteiger partial charge >= 0.3 is 0 Å². The van der Waals surface area contributed by atoms with E-state index in [0.717, 1.165) is 5.56 Å². The van der Waals surface area contributed by atoms with Crippen LogP contribution in [0.5, 0.6) is 0 Å². The Morgan fingerprint density at radius 3 is 2.86 bits per heavy atom. The number of piperidine rings is 1. The second-order valence-corrected chi connectivity index (χ2v) is 7.49. The van der Waals surface area contributed by atoms with Crippen LogP contribution in [0.4, 0.5) is 20.5 Å². The van der Waals surface area contributed by atoms with Crippen LogP contribution in [0.1, 0.15) is 18.4 Å². The van der Waals surface area contributed by atoms with Crippen LogP contribution in [0.15, 0.2) is 36.5 Å². The molecule has 4 rings (SSSR count). The van der Waals surface area contributed by atoms with Crippen LogP contribution in [0, 0.1) is 0 Å². The molecule has 11 heteroatoms. The van der Waals surface area contributed by atoms with Crippen molar-refractivity contribution in [2.45, 2.75) is 25.3 Å².